The number of hydrogen-bond acceptors (Lipinski definition) is 4. The van der Waals surface area contributed by atoms with Crippen LogP contribution in [0.2, 0.25) is 0 Å². The van der Waals surface area contributed by atoms with Gasteiger partial charge in [0.1, 0.15) is 0 Å². The topological polar surface area (TPSA) is 69.7 Å². The zero-order valence-electron chi connectivity index (χ0n) is 17.3. The minimum absolute atomic E-state index is 0.155. The lowest BCUT2D eigenvalue weighted by Crippen LogP contribution is -2.38. The van der Waals surface area contributed by atoms with Gasteiger partial charge in [-0.25, -0.2) is 12.7 Å². The lowest BCUT2D eigenvalue weighted by Gasteiger charge is -2.29. The number of amides is 1. The molecule has 6 nitrogen and oxygen atoms in total. The van der Waals surface area contributed by atoms with Crippen LogP contribution >= 0.6 is 0 Å². The van der Waals surface area contributed by atoms with E-state index in [4.69, 9.17) is 0 Å². The summed E-state index contributed by atoms with van der Waals surface area (Å²) in [7, 11) is -0.563. The van der Waals surface area contributed by atoms with Gasteiger partial charge in [-0.05, 0) is 62.6 Å². The molecule has 1 aliphatic carbocycles. The van der Waals surface area contributed by atoms with Gasteiger partial charge in [-0.1, -0.05) is 13.3 Å². The normalized spacial score (nSPS) is 23.2. The van der Waals surface area contributed by atoms with Crippen molar-refractivity contribution in [1.29, 1.82) is 0 Å². The van der Waals surface area contributed by atoms with E-state index in [1.54, 1.807) is 18.2 Å². The van der Waals surface area contributed by atoms with E-state index in [9.17, 15) is 13.2 Å². The molecule has 1 N–H and O–H groups in total. The van der Waals surface area contributed by atoms with E-state index >= 15 is 0 Å². The van der Waals surface area contributed by atoms with Crippen LogP contribution in [0.5, 0.6) is 0 Å². The number of carbonyl (C=O) groups is 1. The molecule has 1 saturated heterocycles. The quantitative estimate of drug-likeness (QED) is 0.786. The molecule has 0 aromatic heterocycles. The summed E-state index contributed by atoms with van der Waals surface area (Å²) in [5.74, 6) is 0.611. The number of benzene rings is 1. The number of sulfonamides is 1. The van der Waals surface area contributed by atoms with Crippen LogP contribution < -0.4 is 10.2 Å². The molecular formula is C21H33N3O3S. The number of nitrogens with one attached hydrogen (secondary N) is 1. The third kappa shape index (κ3) is 4.51. The molecule has 1 saturated carbocycles. The fraction of sp³-hybridized carbons (Fsp3) is 0.667. The highest BCUT2D eigenvalue weighted by Crippen LogP contribution is 2.30. The van der Waals surface area contributed by atoms with E-state index in [1.807, 2.05) is 0 Å². The summed E-state index contributed by atoms with van der Waals surface area (Å²) in [6.07, 6.45) is 7.69. The average Bonchev–Trinajstić information content (AvgIpc) is 3.22. The lowest BCUT2D eigenvalue weighted by molar-refractivity contribution is 0.0922. The monoisotopic (exact) mass is 407 g/mol. The summed E-state index contributed by atoms with van der Waals surface area (Å²) in [6.45, 7) is 4.03. The Morgan fingerprint density at radius 1 is 1.14 bits per heavy atom. The highest BCUT2D eigenvalue weighted by atomic mass is 32.2. The standard InChI is InChI=1S/C21H33N3O3S/c1-4-16-7-9-17(10-8-16)22-21(25)19-15-18(28(26,27)23(2)3)11-12-20(19)24-13-5-6-14-24/h11-12,15-17H,4-10,13-14H2,1-3H3,(H,22,25). The largest absolute Gasteiger partial charge is 0.371 e. The molecule has 0 atom stereocenters. The van der Waals surface area contributed by atoms with Gasteiger partial charge in [-0.15, -0.1) is 0 Å². The second-order valence-electron chi connectivity index (χ2n) is 8.26. The molecule has 28 heavy (non-hydrogen) atoms. The molecule has 7 heteroatoms. The number of hydrogen-bond donors (Lipinski definition) is 1. The Labute approximate surface area is 169 Å². The summed E-state index contributed by atoms with van der Waals surface area (Å²) in [5.41, 5.74) is 1.32. The van der Waals surface area contributed by atoms with Crippen LogP contribution in [0.15, 0.2) is 23.1 Å². The Hall–Kier alpha value is -1.60. The Morgan fingerprint density at radius 3 is 2.36 bits per heavy atom. The van der Waals surface area contributed by atoms with Crippen molar-refractivity contribution in [3.8, 4) is 0 Å². The Bertz CT molecular complexity index is 793. The molecule has 3 rings (SSSR count). The summed E-state index contributed by atoms with van der Waals surface area (Å²) in [6, 6.07) is 5.14. The number of rotatable bonds is 6. The van der Waals surface area contributed by atoms with Crippen LogP contribution in [-0.4, -0.2) is 51.9 Å². The van der Waals surface area contributed by atoms with Crippen LogP contribution in [-0.2, 0) is 10.0 Å². The van der Waals surface area contributed by atoms with Crippen molar-refractivity contribution in [2.45, 2.75) is 62.8 Å². The van der Waals surface area contributed by atoms with Gasteiger partial charge >= 0.3 is 0 Å². The van der Waals surface area contributed by atoms with Gasteiger partial charge < -0.3 is 10.2 Å². The van der Waals surface area contributed by atoms with E-state index in [1.165, 1.54) is 24.8 Å². The maximum absolute atomic E-state index is 13.1. The highest BCUT2D eigenvalue weighted by molar-refractivity contribution is 7.89. The van der Waals surface area contributed by atoms with Gasteiger partial charge in [0.15, 0.2) is 0 Å². The molecule has 1 aromatic rings. The molecule has 0 radical (unpaired) electrons. The molecule has 1 aromatic carbocycles. The van der Waals surface area contributed by atoms with Crippen LogP contribution in [0.4, 0.5) is 5.69 Å². The first-order chi connectivity index (χ1) is 13.3. The fourth-order valence-electron chi connectivity index (χ4n) is 4.28. The zero-order valence-corrected chi connectivity index (χ0v) is 18.1. The third-order valence-electron chi connectivity index (χ3n) is 6.20. The summed E-state index contributed by atoms with van der Waals surface area (Å²) >= 11 is 0. The summed E-state index contributed by atoms with van der Waals surface area (Å²) in [4.78, 5) is 15.5. The van der Waals surface area contributed by atoms with Crippen LogP contribution in [0.3, 0.4) is 0 Å². The lowest BCUT2D eigenvalue weighted by atomic mass is 9.84. The van der Waals surface area contributed by atoms with Gasteiger partial charge in [0, 0.05) is 38.9 Å². The van der Waals surface area contributed by atoms with E-state index in [0.717, 1.165) is 63.2 Å². The highest BCUT2D eigenvalue weighted by Gasteiger charge is 2.27. The summed E-state index contributed by atoms with van der Waals surface area (Å²) in [5, 5.41) is 3.18. The van der Waals surface area contributed by atoms with Crippen molar-refractivity contribution < 1.29 is 13.2 Å². The average molecular weight is 408 g/mol. The minimum Gasteiger partial charge on any atom is -0.371 e. The van der Waals surface area contributed by atoms with Crippen molar-refractivity contribution in [1.82, 2.24) is 9.62 Å². The fourth-order valence-corrected chi connectivity index (χ4v) is 5.21. The molecule has 2 aliphatic rings. The van der Waals surface area contributed by atoms with Crippen molar-refractivity contribution in [2.75, 3.05) is 32.1 Å². The molecule has 1 aliphatic heterocycles. The SMILES string of the molecule is CCC1CCC(NC(=O)c2cc(S(=O)(=O)N(C)C)ccc2N2CCCC2)CC1. The van der Waals surface area contributed by atoms with E-state index in [0.29, 0.717) is 5.56 Å². The smallest absolute Gasteiger partial charge is 0.253 e. The van der Waals surface area contributed by atoms with E-state index in [-0.39, 0.29) is 16.8 Å². The third-order valence-corrected chi connectivity index (χ3v) is 8.01. The molecule has 0 spiro atoms. The second-order valence-corrected chi connectivity index (χ2v) is 10.4. The predicted octanol–water partition coefficient (Wildman–Crippen LogP) is 3.24. The molecule has 0 bridgehead atoms. The van der Waals surface area contributed by atoms with Gasteiger partial charge in [-0.2, -0.15) is 0 Å². The Balaban J connectivity index is 1.86. The van der Waals surface area contributed by atoms with Crippen molar-refractivity contribution in [3.05, 3.63) is 23.8 Å². The van der Waals surface area contributed by atoms with Gasteiger partial charge in [-0.3, -0.25) is 4.79 Å². The molecular weight excluding hydrogens is 374 g/mol. The number of carbonyl (C=O) groups excluding carboxylic acids is 1. The zero-order chi connectivity index (χ0) is 20.3. The van der Waals surface area contributed by atoms with Crippen LogP contribution in [0, 0.1) is 5.92 Å². The van der Waals surface area contributed by atoms with Crippen molar-refractivity contribution in [3.63, 3.8) is 0 Å². The maximum Gasteiger partial charge on any atom is 0.253 e. The molecule has 156 valence electrons. The van der Waals surface area contributed by atoms with Crippen molar-refractivity contribution in [2.24, 2.45) is 5.92 Å². The summed E-state index contributed by atoms with van der Waals surface area (Å²) < 4.78 is 26.3. The maximum atomic E-state index is 13.1. The van der Waals surface area contributed by atoms with Gasteiger partial charge in [0.25, 0.3) is 5.91 Å². The number of anilines is 1. The van der Waals surface area contributed by atoms with E-state index in [2.05, 4.69) is 17.1 Å². The van der Waals surface area contributed by atoms with Crippen LogP contribution in [0.1, 0.15) is 62.2 Å². The first-order valence-corrected chi connectivity index (χ1v) is 11.9. The van der Waals surface area contributed by atoms with Gasteiger partial charge in [0.05, 0.1) is 10.5 Å². The molecule has 1 amide bonds. The Morgan fingerprint density at radius 2 is 1.79 bits per heavy atom. The predicted molar refractivity (Wildman–Crippen MR) is 112 cm³/mol. The first-order valence-electron chi connectivity index (χ1n) is 10.4. The first kappa shape index (κ1) is 21.1. The Kier molecular flexibility index (Phi) is 6.65. The minimum atomic E-state index is -3.58. The second kappa shape index (κ2) is 8.82. The molecule has 0 unspecified atom stereocenters. The molecule has 1 heterocycles. The van der Waals surface area contributed by atoms with Gasteiger partial charge in [0.2, 0.25) is 10.0 Å². The van der Waals surface area contributed by atoms with Crippen LogP contribution in [0.25, 0.3) is 0 Å². The number of nitrogens with zero attached hydrogens (tertiary/aromatic N) is 2. The van der Waals surface area contributed by atoms with E-state index < -0.39 is 10.0 Å². The molecule has 2 fully saturated rings. The van der Waals surface area contributed by atoms with Crippen molar-refractivity contribution >= 4 is 21.6 Å².